The average molecular weight is 257 g/mol. The van der Waals surface area contributed by atoms with Crippen molar-refractivity contribution in [2.45, 2.75) is 58.3 Å². The van der Waals surface area contributed by atoms with E-state index in [1.165, 1.54) is 4.90 Å². The smallest absolute Gasteiger partial charge is 0.410 e. The number of ketones is 1. The van der Waals surface area contributed by atoms with Crippen molar-refractivity contribution in [3.8, 4) is 0 Å². The van der Waals surface area contributed by atoms with Gasteiger partial charge in [-0.3, -0.25) is 9.69 Å². The normalized spacial score (nSPS) is 24.2. The summed E-state index contributed by atoms with van der Waals surface area (Å²) >= 11 is 0. The van der Waals surface area contributed by atoms with Gasteiger partial charge in [0, 0.05) is 20.0 Å². The van der Waals surface area contributed by atoms with Crippen LogP contribution in [0.15, 0.2) is 0 Å². The van der Waals surface area contributed by atoms with Crippen LogP contribution in [0.4, 0.5) is 4.79 Å². The molecule has 2 unspecified atom stereocenters. The van der Waals surface area contributed by atoms with E-state index in [2.05, 4.69) is 0 Å². The van der Waals surface area contributed by atoms with Crippen LogP contribution in [-0.4, -0.2) is 48.2 Å². The van der Waals surface area contributed by atoms with E-state index >= 15 is 0 Å². The Kier molecular flexibility index (Phi) is 4.73. The third-order valence-electron chi connectivity index (χ3n) is 2.94. The van der Waals surface area contributed by atoms with E-state index in [-0.39, 0.29) is 11.9 Å². The number of nitrogens with zero attached hydrogens (tertiary/aromatic N) is 1. The van der Waals surface area contributed by atoms with Crippen molar-refractivity contribution in [1.29, 1.82) is 0 Å². The second-order valence-corrected chi connectivity index (χ2v) is 5.56. The van der Waals surface area contributed by atoms with Crippen molar-refractivity contribution in [1.82, 2.24) is 4.90 Å². The van der Waals surface area contributed by atoms with Gasteiger partial charge in [-0.25, -0.2) is 4.79 Å². The molecule has 0 aromatic rings. The lowest BCUT2D eigenvalue weighted by Gasteiger charge is -2.27. The number of Topliss-reactive ketones (excluding diaryl/α,β-unsaturated/α-hetero) is 1. The quantitative estimate of drug-likeness (QED) is 0.776. The van der Waals surface area contributed by atoms with E-state index in [1.54, 1.807) is 14.0 Å². The molecule has 2 atom stereocenters. The molecule has 18 heavy (non-hydrogen) atoms. The number of rotatable bonds is 3. The maximum atomic E-state index is 12.0. The molecule has 1 fully saturated rings. The molecule has 1 aliphatic rings. The minimum absolute atomic E-state index is 0.0559. The summed E-state index contributed by atoms with van der Waals surface area (Å²) in [5.41, 5.74) is -0.554. The predicted molar refractivity (Wildman–Crippen MR) is 67.4 cm³/mol. The fourth-order valence-corrected chi connectivity index (χ4v) is 2.03. The summed E-state index contributed by atoms with van der Waals surface area (Å²) in [7, 11) is 1.59. The van der Waals surface area contributed by atoms with Gasteiger partial charge in [-0.1, -0.05) is 6.92 Å². The van der Waals surface area contributed by atoms with Gasteiger partial charge in [-0.15, -0.1) is 0 Å². The molecule has 5 nitrogen and oxygen atoms in total. The van der Waals surface area contributed by atoms with Gasteiger partial charge < -0.3 is 9.47 Å². The van der Waals surface area contributed by atoms with Gasteiger partial charge >= 0.3 is 6.09 Å². The zero-order chi connectivity index (χ0) is 13.9. The first kappa shape index (κ1) is 15.0. The van der Waals surface area contributed by atoms with E-state index in [0.29, 0.717) is 19.4 Å². The summed E-state index contributed by atoms with van der Waals surface area (Å²) in [5, 5.41) is 0. The molecule has 1 rings (SSSR count). The van der Waals surface area contributed by atoms with Gasteiger partial charge in [0.1, 0.15) is 5.60 Å². The van der Waals surface area contributed by atoms with Crippen molar-refractivity contribution in [2.75, 3.05) is 13.7 Å². The van der Waals surface area contributed by atoms with Crippen LogP contribution in [0.2, 0.25) is 0 Å². The topological polar surface area (TPSA) is 55.8 Å². The van der Waals surface area contributed by atoms with Gasteiger partial charge in [0.25, 0.3) is 0 Å². The van der Waals surface area contributed by atoms with Gasteiger partial charge in [-0.05, 0) is 20.8 Å². The van der Waals surface area contributed by atoms with Crippen LogP contribution in [0, 0.1) is 0 Å². The third-order valence-corrected chi connectivity index (χ3v) is 2.94. The van der Waals surface area contributed by atoms with Gasteiger partial charge in [0.05, 0.1) is 18.7 Å². The highest BCUT2D eigenvalue weighted by molar-refractivity contribution is 5.87. The highest BCUT2D eigenvalue weighted by Gasteiger charge is 2.40. The number of amides is 1. The molecule has 0 aromatic carbocycles. The lowest BCUT2D eigenvalue weighted by Crippen LogP contribution is -2.43. The van der Waals surface area contributed by atoms with Crippen LogP contribution in [-0.2, 0) is 14.3 Å². The van der Waals surface area contributed by atoms with E-state index in [0.717, 1.165) is 0 Å². The second kappa shape index (κ2) is 5.69. The first-order chi connectivity index (χ1) is 8.28. The van der Waals surface area contributed by atoms with Crippen molar-refractivity contribution in [2.24, 2.45) is 0 Å². The molecule has 5 heteroatoms. The van der Waals surface area contributed by atoms with Crippen molar-refractivity contribution < 1.29 is 19.1 Å². The minimum Gasteiger partial charge on any atom is -0.444 e. The summed E-state index contributed by atoms with van der Waals surface area (Å²) in [6.07, 6.45) is 0.454. The van der Waals surface area contributed by atoms with Crippen LogP contribution in [0.1, 0.15) is 40.5 Å². The maximum absolute atomic E-state index is 12.0. The van der Waals surface area contributed by atoms with Gasteiger partial charge in [-0.2, -0.15) is 0 Å². The first-order valence-electron chi connectivity index (χ1n) is 6.33. The fourth-order valence-electron chi connectivity index (χ4n) is 2.03. The van der Waals surface area contributed by atoms with Crippen LogP contribution in [0.25, 0.3) is 0 Å². The zero-order valence-corrected chi connectivity index (χ0v) is 11.9. The highest BCUT2D eigenvalue weighted by Crippen LogP contribution is 2.24. The summed E-state index contributed by atoms with van der Waals surface area (Å²) < 4.78 is 10.6. The molecule has 0 aliphatic carbocycles. The Morgan fingerprint density at radius 3 is 2.39 bits per heavy atom. The van der Waals surface area contributed by atoms with Crippen LogP contribution < -0.4 is 0 Å². The van der Waals surface area contributed by atoms with Crippen molar-refractivity contribution >= 4 is 11.9 Å². The molecule has 0 N–H and O–H groups in total. The number of methoxy groups -OCH3 is 1. The average Bonchev–Trinajstić information content (AvgIpc) is 2.69. The molecule has 0 saturated carbocycles. The summed E-state index contributed by atoms with van der Waals surface area (Å²) in [4.78, 5) is 25.4. The zero-order valence-electron chi connectivity index (χ0n) is 11.9. The van der Waals surface area contributed by atoms with Gasteiger partial charge in [0.2, 0.25) is 0 Å². The monoisotopic (exact) mass is 257 g/mol. The minimum atomic E-state index is -0.554. The molecule has 0 aromatic heterocycles. The first-order valence-corrected chi connectivity index (χ1v) is 6.33. The van der Waals surface area contributed by atoms with E-state index < -0.39 is 17.7 Å². The number of hydrogen-bond donors (Lipinski definition) is 0. The molecule has 1 aliphatic heterocycles. The van der Waals surface area contributed by atoms with Crippen molar-refractivity contribution in [3.05, 3.63) is 0 Å². The third kappa shape index (κ3) is 3.70. The molecular weight excluding hydrogens is 234 g/mol. The number of carbonyl (C=O) groups excluding carboxylic acids is 2. The Balaban J connectivity index is 2.77. The lowest BCUT2D eigenvalue weighted by atomic mass is 10.1. The van der Waals surface area contributed by atoms with E-state index in [9.17, 15) is 9.59 Å². The number of likely N-dealkylation sites (tertiary alicyclic amines) is 1. The predicted octanol–water partition coefficient (Wildman–Crippen LogP) is 1.99. The maximum Gasteiger partial charge on any atom is 0.410 e. The van der Waals surface area contributed by atoms with Crippen LogP contribution in [0.3, 0.4) is 0 Å². The van der Waals surface area contributed by atoms with Gasteiger partial charge in [0.15, 0.2) is 5.78 Å². The molecule has 1 amide bonds. The molecule has 0 radical (unpaired) electrons. The molecule has 0 spiro atoms. The fraction of sp³-hybridized carbons (Fsp3) is 0.846. The Morgan fingerprint density at radius 2 is 1.94 bits per heavy atom. The standard InChI is InChI=1S/C13H23NO4/c1-6-11(15)10-7-9(17-5)8-14(10)12(16)18-13(2,3)4/h9-10H,6-8H2,1-5H3. The summed E-state index contributed by atoms with van der Waals surface area (Å²) in [5.74, 6) is 0.0559. The van der Waals surface area contributed by atoms with Crippen LogP contribution >= 0.6 is 0 Å². The van der Waals surface area contributed by atoms with Crippen LogP contribution in [0.5, 0.6) is 0 Å². The molecule has 104 valence electrons. The largest absolute Gasteiger partial charge is 0.444 e. The van der Waals surface area contributed by atoms with E-state index in [4.69, 9.17) is 9.47 Å². The lowest BCUT2D eigenvalue weighted by molar-refractivity contribution is -0.123. The SMILES string of the molecule is CCC(=O)C1CC(OC)CN1C(=O)OC(C)(C)C. The summed E-state index contributed by atoms with van der Waals surface area (Å²) in [6.45, 7) is 7.65. The Bertz CT molecular complexity index is 321. The second-order valence-electron chi connectivity index (χ2n) is 5.56. The molecule has 0 bridgehead atoms. The van der Waals surface area contributed by atoms with Crippen molar-refractivity contribution in [3.63, 3.8) is 0 Å². The molecule has 1 saturated heterocycles. The number of carbonyl (C=O) groups is 2. The number of hydrogen-bond acceptors (Lipinski definition) is 4. The molecular formula is C13H23NO4. The number of ether oxygens (including phenoxy) is 2. The highest BCUT2D eigenvalue weighted by atomic mass is 16.6. The Hall–Kier alpha value is -1.10. The summed E-state index contributed by atoms with van der Waals surface area (Å²) in [6, 6.07) is -0.408. The Morgan fingerprint density at radius 1 is 1.33 bits per heavy atom. The molecule has 1 heterocycles. The van der Waals surface area contributed by atoms with E-state index in [1.807, 2.05) is 20.8 Å². The Labute approximate surface area is 108 Å².